The van der Waals surface area contributed by atoms with Gasteiger partial charge in [0, 0.05) is 60.4 Å². The SMILES string of the molecule is c1ccc(-c2cccc(-c3ccc(-c4nc(-c5ccccc5)nc(-c5cccc6c5c5ccc7c8cc(-n9c%10ccccc%10c%10ccccc%109)ccc8oc7c5n6-c5ccccc5)n4)cc3)c2)cc1. The summed E-state index contributed by atoms with van der Waals surface area (Å²) in [7, 11) is 0. The summed E-state index contributed by atoms with van der Waals surface area (Å²) < 4.78 is 11.7. The van der Waals surface area contributed by atoms with Gasteiger partial charge < -0.3 is 13.6 Å². The number of hydrogen-bond acceptors (Lipinski definition) is 4. The number of hydrogen-bond donors (Lipinski definition) is 0. The lowest BCUT2D eigenvalue weighted by Crippen LogP contribution is -2.00. The van der Waals surface area contributed by atoms with E-state index in [1.54, 1.807) is 0 Å². The van der Waals surface area contributed by atoms with Crippen LogP contribution in [0.3, 0.4) is 0 Å². The number of nitrogens with zero attached hydrogens (tertiary/aromatic N) is 5. The zero-order chi connectivity index (χ0) is 45.4. The van der Waals surface area contributed by atoms with Gasteiger partial charge in [0.05, 0.1) is 22.1 Å². The first-order chi connectivity index (χ1) is 34.2. The van der Waals surface area contributed by atoms with Gasteiger partial charge in [0.15, 0.2) is 23.1 Å². The molecule has 4 aromatic heterocycles. The summed E-state index contributed by atoms with van der Waals surface area (Å²) in [6, 6.07) is 83.2. The molecule has 0 unspecified atom stereocenters. The quantitative estimate of drug-likeness (QED) is 0.160. The topological polar surface area (TPSA) is 61.7 Å². The molecule has 6 heteroatoms. The van der Waals surface area contributed by atoms with Gasteiger partial charge in [0.2, 0.25) is 0 Å². The van der Waals surface area contributed by atoms with Gasteiger partial charge in [-0.1, -0.05) is 176 Å². The van der Waals surface area contributed by atoms with E-state index in [2.05, 4.69) is 221 Å². The Bertz CT molecular complexity index is 4230. The van der Waals surface area contributed by atoms with Gasteiger partial charge in [0.25, 0.3) is 0 Å². The fourth-order valence-corrected chi connectivity index (χ4v) is 10.4. The standard InChI is InChI=1S/C63H39N5O/c1-4-16-40(17-5-1)44-20-14-21-45(38-44)41-30-32-43(33-31-41)62-64-61(42-18-6-2-7-19-42)65-63(66-62)52-26-15-29-56-58(52)51-36-35-50-53-39-47(67-54-27-12-10-24-48(54)49-25-11-13-28-55(49)67)34-37-57(53)69-60(50)59(51)68(56)46-22-8-3-9-23-46/h1-39H. The molecule has 0 saturated heterocycles. The minimum Gasteiger partial charge on any atom is -0.454 e. The van der Waals surface area contributed by atoms with E-state index in [0.717, 1.165) is 82.9 Å². The molecular weight excluding hydrogens is 843 g/mol. The fraction of sp³-hybridized carbons (Fsp3) is 0. The van der Waals surface area contributed by atoms with Crippen molar-refractivity contribution in [2.75, 3.05) is 0 Å². The predicted molar refractivity (Wildman–Crippen MR) is 283 cm³/mol. The van der Waals surface area contributed by atoms with Crippen LogP contribution in [0.2, 0.25) is 0 Å². The van der Waals surface area contributed by atoms with E-state index in [9.17, 15) is 0 Å². The number of fused-ring (bicyclic) bond motifs is 10. The molecule has 0 radical (unpaired) electrons. The third-order valence-corrected chi connectivity index (χ3v) is 13.6. The van der Waals surface area contributed by atoms with Gasteiger partial charge in [-0.05, 0) is 82.9 Å². The highest BCUT2D eigenvalue weighted by atomic mass is 16.3. The van der Waals surface area contributed by atoms with E-state index in [4.69, 9.17) is 19.4 Å². The monoisotopic (exact) mass is 881 g/mol. The second-order valence-corrected chi connectivity index (χ2v) is 17.6. The van der Waals surface area contributed by atoms with Gasteiger partial charge >= 0.3 is 0 Å². The summed E-state index contributed by atoms with van der Waals surface area (Å²) in [6.07, 6.45) is 0. The number of para-hydroxylation sites is 3. The average molecular weight is 882 g/mol. The maximum absolute atomic E-state index is 7.00. The smallest absolute Gasteiger partial charge is 0.164 e. The van der Waals surface area contributed by atoms with Gasteiger partial charge in [-0.15, -0.1) is 0 Å². The van der Waals surface area contributed by atoms with Crippen molar-refractivity contribution in [2.45, 2.75) is 0 Å². The van der Waals surface area contributed by atoms with Crippen molar-refractivity contribution < 1.29 is 4.42 Å². The third-order valence-electron chi connectivity index (χ3n) is 13.6. The van der Waals surface area contributed by atoms with Crippen LogP contribution < -0.4 is 0 Å². The molecule has 14 rings (SSSR count). The van der Waals surface area contributed by atoms with Crippen LogP contribution in [-0.4, -0.2) is 24.1 Å². The normalized spacial score (nSPS) is 11.8. The maximum atomic E-state index is 7.00. The Morgan fingerprint density at radius 2 is 0.826 bits per heavy atom. The highest BCUT2D eigenvalue weighted by Gasteiger charge is 2.24. The Kier molecular flexibility index (Phi) is 8.79. The average Bonchev–Trinajstić information content (AvgIpc) is 4.09. The number of benzene rings is 10. The van der Waals surface area contributed by atoms with Crippen molar-refractivity contribution in [1.29, 1.82) is 0 Å². The molecule has 0 amide bonds. The summed E-state index contributed by atoms with van der Waals surface area (Å²) in [5, 5.41) is 6.65. The van der Waals surface area contributed by atoms with Crippen molar-refractivity contribution in [3.8, 4) is 67.8 Å². The first kappa shape index (κ1) is 38.8. The molecule has 0 aliphatic heterocycles. The Hall–Kier alpha value is -9.39. The Morgan fingerprint density at radius 1 is 0.304 bits per heavy atom. The van der Waals surface area contributed by atoms with Crippen LogP contribution in [0.5, 0.6) is 0 Å². The Morgan fingerprint density at radius 3 is 1.52 bits per heavy atom. The summed E-state index contributed by atoms with van der Waals surface area (Å²) in [5.74, 6) is 1.81. The summed E-state index contributed by atoms with van der Waals surface area (Å²) in [6.45, 7) is 0. The largest absolute Gasteiger partial charge is 0.454 e. The Balaban J connectivity index is 0.957. The highest BCUT2D eigenvalue weighted by Crippen LogP contribution is 2.44. The van der Waals surface area contributed by atoms with Crippen molar-refractivity contribution >= 4 is 65.6 Å². The van der Waals surface area contributed by atoms with Crippen LogP contribution in [0, 0.1) is 0 Å². The molecular formula is C63H39N5O. The number of furan rings is 1. The second kappa shape index (κ2) is 15.6. The van der Waals surface area contributed by atoms with Gasteiger partial charge in [0.1, 0.15) is 5.58 Å². The molecule has 69 heavy (non-hydrogen) atoms. The fourth-order valence-electron chi connectivity index (χ4n) is 10.4. The molecule has 322 valence electrons. The van der Waals surface area contributed by atoms with Gasteiger partial charge in [-0.3, -0.25) is 0 Å². The first-order valence-corrected chi connectivity index (χ1v) is 23.3. The molecule has 10 aromatic carbocycles. The van der Waals surface area contributed by atoms with E-state index in [1.165, 1.54) is 32.9 Å². The minimum atomic E-state index is 0.594. The third kappa shape index (κ3) is 6.30. The summed E-state index contributed by atoms with van der Waals surface area (Å²) in [4.78, 5) is 15.7. The van der Waals surface area contributed by atoms with Crippen molar-refractivity contribution in [3.05, 3.63) is 237 Å². The molecule has 0 saturated carbocycles. The lowest BCUT2D eigenvalue weighted by molar-refractivity contribution is 0.671. The summed E-state index contributed by atoms with van der Waals surface area (Å²) in [5.41, 5.74) is 15.5. The zero-order valence-corrected chi connectivity index (χ0v) is 37.2. The molecule has 0 bridgehead atoms. The van der Waals surface area contributed by atoms with E-state index < -0.39 is 0 Å². The van der Waals surface area contributed by atoms with E-state index in [1.807, 2.05) is 24.3 Å². The van der Waals surface area contributed by atoms with Gasteiger partial charge in [-0.2, -0.15) is 0 Å². The van der Waals surface area contributed by atoms with E-state index >= 15 is 0 Å². The second-order valence-electron chi connectivity index (χ2n) is 17.6. The molecule has 0 spiro atoms. The molecule has 4 heterocycles. The van der Waals surface area contributed by atoms with Crippen LogP contribution in [0.25, 0.3) is 133 Å². The zero-order valence-electron chi connectivity index (χ0n) is 37.2. The number of rotatable bonds is 7. The lowest BCUT2D eigenvalue weighted by Gasteiger charge is -2.11. The van der Waals surface area contributed by atoms with Gasteiger partial charge in [-0.25, -0.2) is 15.0 Å². The molecule has 0 N–H and O–H groups in total. The molecule has 0 fully saturated rings. The minimum absolute atomic E-state index is 0.594. The van der Waals surface area contributed by atoms with Crippen LogP contribution in [0.15, 0.2) is 241 Å². The maximum Gasteiger partial charge on any atom is 0.164 e. The van der Waals surface area contributed by atoms with Crippen LogP contribution in [-0.2, 0) is 0 Å². The van der Waals surface area contributed by atoms with Crippen LogP contribution in [0.1, 0.15) is 0 Å². The number of aromatic nitrogens is 5. The highest BCUT2D eigenvalue weighted by molar-refractivity contribution is 6.24. The molecule has 0 aliphatic rings. The molecule has 6 nitrogen and oxygen atoms in total. The first-order valence-electron chi connectivity index (χ1n) is 23.3. The van der Waals surface area contributed by atoms with Crippen LogP contribution in [0.4, 0.5) is 0 Å². The van der Waals surface area contributed by atoms with Crippen molar-refractivity contribution in [1.82, 2.24) is 24.1 Å². The van der Waals surface area contributed by atoms with Crippen LogP contribution >= 0.6 is 0 Å². The van der Waals surface area contributed by atoms with Crippen molar-refractivity contribution in [2.24, 2.45) is 0 Å². The van der Waals surface area contributed by atoms with E-state index in [-0.39, 0.29) is 0 Å². The summed E-state index contributed by atoms with van der Waals surface area (Å²) >= 11 is 0. The molecule has 0 atom stereocenters. The predicted octanol–water partition coefficient (Wildman–Crippen LogP) is 16.3. The van der Waals surface area contributed by atoms with Crippen molar-refractivity contribution in [3.63, 3.8) is 0 Å². The lowest BCUT2D eigenvalue weighted by atomic mass is 9.98. The molecule has 0 aliphatic carbocycles. The van der Waals surface area contributed by atoms with E-state index in [0.29, 0.717) is 17.5 Å². The Labute approximate surface area is 396 Å². The molecule has 14 aromatic rings.